The zero-order chi connectivity index (χ0) is 22.2. The maximum atomic E-state index is 12.8. The maximum absolute atomic E-state index is 12.8. The lowest BCUT2D eigenvalue weighted by Gasteiger charge is -2.19. The first kappa shape index (κ1) is 22.0. The lowest BCUT2D eigenvalue weighted by atomic mass is 10.0. The van der Waals surface area contributed by atoms with Gasteiger partial charge in [0.25, 0.3) is 0 Å². The first-order valence-corrected chi connectivity index (χ1v) is 9.94. The summed E-state index contributed by atoms with van der Waals surface area (Å²) in [5.74, 6) is 0.472. The van der Waals surface area contributed by atoms with Crippen LogP contribution in [0.2, 0.25) is 5.02 Å². The number of primary amides is 1. The van der Waals surface area contributed by atoms with Gasteiger partial charge in [0.2, 0.25) is 5.91 Å². The molecule has 160 valence electrons. The Balaban J connectivity index is 1.72. The van der Waals surface area contributed by atoms with Crippen molar-refractivity contribution in [2.24, 2.45) is 5.73 Å². The average Bonchev–Trinajstić information content (AvgIpc) is 2.75. The number of halogens is 1. The van der Waals surface area contributed by atoms with E-state index in [2.05, 4.69) is 16.0 Å². The fourth-order valence-corrected chi connectivity index (χ4v) is 3.16. The lowest BCUT2D eigenvalue weighted by molar-refractivity contribution is -0.116. The maximum Gasteiger partial charge on any atom is 0.312 e. The molecule has 8 heteroatoms. The second-order valence-electron chi connectivity index (χ2n) is 6.76. The van der Waals surface area contributed by atoms with Gasteiger partial charge in [0.1, 0.15) is 5.75 Å². The van der Waals surface area contributed by atoms with Gasteiger partial charge >= 0.3 is 6.03 Å². The van der Waals surface area contributed by atoms with Gasteiger partial charge in [0.15, 0.2) is 0 Å². The zero-order valence-electron chi connectivity index (χ0n) is 16.9. The van der Waals surface area contributed by atoms with Crippen LogP contribution < -0.4 is 26.4 Å². The fourth-order valence-electron chi connectivity index (χ4n) is 3.04. The largest absolute Gasteiger partial charge is 0.497 e. The summed E-state index contributed by atoms with van der Waals surface area (Å²) in [4.78, 5) is 24.2. The van der Waals surface area contributed by atoms with E-state index in [-0.39, 0.29) is 12.3 Å². The van der Waals surface area contributed by atoms with E-state index in [1.165, 1.54) is 0 Å². The molecule has 31 heavy (non-hydrogen) atoms. The molecule has 5 N–H and O–H groups in total. The van der Waals surface area contributed by atoms with Gasteiger partial charge in [-0.25, -0.2) is 4.79 Å². The van der Waals surface area contributed by atoms with Crippen LogP contribution in [-0.2, 0) is 4.79 Å². The quantitative estimate of drug-likeness (QED) is 0.404. The second-order valence-corrected chi connectivity index (χ2v) is 7.20. The molecule has 0 radical (unpaired) electrons. The number of benzene rings is 3. The van der Waals surface area contributed by atoms with Crippen molar-refractivity contribution in [3.63, 3.8) is 0 Å². The van der Waals surface area contributed by atoms with Crippen LogP contribution >= 0.6 is 11.6 Å². The van der Waals surface area contributed by atoms with E-state index >= 15 is 0 Å². The van der Waals surface area contributed by atoms with Crippen molar-refractivity contribution in [3.8, 4) is 5.75 Å². The van der Waals surface area contributed by atoms with E-state index in [4.69, 9.17) is 22.1 Å². The van der Waals surface area contributed by atoms with E-state index in [0.717, 1.165) is 22.7 Å². The Morgan fingerprint density at radius 3 is 2.23 bits per heavy atom. The van der Waals surface area contributed by atoms with Crippen molar-refractivity contribution in [3.05, 3.63) is 83.4 Å². The van der Waals surface area contributed by atoms with E-state index in [0.29, 0.717) is 10.7 Å². The minimum atomic E-state index is -0.714. The highest BCUT2D eigenvalue weighted by Gasteiger charge is 2.18. The van der Waals surface area contributed by atoms with Gasteiger partial charge in [-0.05, 0) is 54.1 Å². The molecule has 0 aromatic heterocycles. The fraction of sp³-hybridized carbons (Fsp3) is 0.130. The normalized spacial score (nSPS) is 11.3. The Hall–Kier alpha value is -3.71. The topological polar surface area (TPSA) is 105 Å². The summed E-state index contributed by atoms with van der Waals surface area (Å²) in [6, 6.07) is 20.4. The molecule has 0 spiro atoms. The average molecular weight is 439 g/mol. The number of nitrogens with two attached hydrogens (primary N) is 1. The molecule has 0 heterocycles. The van der Waals surface area contributed by atoms with Gasteiger partial charge in [-0.15, -0.1) is 0 Å². The third-order valence-electron chi connectivity index (χ3n) is 4.55. The molecular formula is C23H23ClN4O3. The molecule has 0 saturated heterocycles. The third kappa shape index (κ3) is 6.38. The van der Waals surface area contributed by atoms with Crippen molar-refractivity contribution in [1.82, 2.24) is 5.32 Å². The standard InChI is InChI=1S/C23H23ClN4O3/c1-31-18-12-10-17(11-13-18)26-19-4-2-3-5-20(19)27-22(29)14-21(28-23(25)30)15-6-8-16(24)9-7-15/h2-13,21,26H,14H2,1H3,(H,27,29)(H3,25,28,30). The van der Waals surface area contributed by atoms with Crippen LogP contribution in [0.3, 0.4) is 0 Å². The van der Waals surface area contributed by atoms with Crippen molar-refractivity contribution >= 4 is 40.6 Å². The summed E-state index contributed by atoms with van der Waals surface area (Å²) >= 11 is 5.93. The Labute approximate surface area is 185 Å². The summed E-state index contributed by atoms with van der Waals surface area (Å²) in [6.45, 7) is 0. The number of rotatable bonds is 8. The number of ether oxygens (including phenoxy) is 1. The highest BCUT2D eigenvalue weighted by molar-refractivity contribution is 6.30. The van der Waals surface area contributed by atoms with Crippen LogP contribution in [-0.4, -0.2) is 19.0 Å². The first-order chi connectivity index (χ1) is 14.9. The molecule has 1 atom stereocenters. The molecule has 3 aromatic carbocycles. The SMILES string of the molecule is COc1ccc(Nc2ccccc2NC(=O)CC(NC(N)=O)c2ccc(Cl)cc2)cc1. The van der Waals surface area contributed by atoms with Crippen molar-refractivity contribution in [2.45, 2.75) is 12.5 Å². The Morgan fingerprint density at radius 2 is 1.61 bits per heavy atom. The monoisotopic (exact) mass is 438 g/mol. The number of urea groups is 1. The van der Waals surface area contributed by atoms with Gasteiger partial charge in [-0.2, -0.15) is 0 Å². The van der Waals surface area contributed by atoms with Gasteiger partial charge < -0.3 is 26.4 Å². The van der Waals surface area contributed by atoms with Crippen molar-refractivity contribution in [1.29, 1.82) is 0 Å². The highest BCUT2D eigenvalue weighted by Crippen LogP contribution is 2.27. The minimum absolute atomic E-state index is 0.00143. The highest BCUT2D eigenvalue weighted by atomic mass is 35.5. The third-order valence-corrected chi connectivity index (χ3v) is 4.80. The van der Waals surface area contributed by atoms with Gasteiger partial charge in [0, 0.05) is 10.7 Å². The molecular weight excluding hydrogens is 416 g/mol. The number of carbonyl (C=O) groups excluding carboxylic acids is 2. The summed E-state index contributed by atoms with van der Waals surface area (Å²) in [5.41, 5.74) is 8.20. The van der Waals surface area contributed by atoms with Crippen LogP contribution in [0.25, 0.3) is 0 Å². The number of carbonyl (C=O) groups is 2. The van der Waals surface area contributed by atoms with Crippen LogP contribution in [0.1, 0.15) is 18.0 Å². The molecule has 3 aromatic rings. The molecule has 7 nitrogen and oxygen atoms in total. The number of amides is 3. The Kier molecular flexibility index (Phi) is 7.35. The lowest BCUT2D eigenvalue weighted by Crippen LogP contribution is -2.35. The van der Waals surface area contributed by atoms with E-state index in [1.807, 2.05) is 42.5 Å². The molecule has 1 unspecified atom stereocenters. The summed E-state index contributed by atoms with van der Waals surface area (Å²) < 4.78 is 5.17. The predicted octanol–water partition coefficient (Wildman–Crippen LogP) is 4.83. The predicted molar refractivity (Wildman–Crippen MR) is 123 cm³/mol. The van der Waals surface area contributed by atoms with E-state index in [1.54, 1.807) is 37.4 Å². The van der Waals surface area contributed by atoms with E-state index in [9.17, 15) is 9.59 Å². The number of hydrogen-bond donors (Lipinski definition) is 4. The minimum Gasteiger partial charge on any atom is -0.497 e. The molecule has 3 amide bonds. The van der Waals surface area contributed by atoms with E-state index < -0.39 is 12.1 Å². The summed E-state index contributed by atoms with van der Waals surface area (Å²) in [5, 5.41) is 9.34. The van der Waals surface area contributed by atoms with Crippen molar-refractivity contribution < 1.29 is 14.3 Å². The molecule has 0 saturated carbocycles. The summed E-state index contributed by atoms with van der Waals surface area (Å²) in [7, 11) is 1.61. The van der Waals surface area contributed by atoms with Gasteiger partial charge in [0.05, 0.1) is 30.9 Å². The molecule has 0 fully saturated rings. The number of nitrogens with one attached hydrogen (secondary N) is 3. The van der Waals surface area contributed by atoms with Crippen LogP contribution in [0.5, 0.6) is 5.75 Å². The number of anilines is 3. The second kappa shape index (κ2) is 10.4. The smallest absolute Gasteiger partial charge is 0.312 e. The Morgan fingerprint density at radius 1 is 0.968 bits per heavy atom. The molecule has 0 aliphatic rings. The Bertz CT molecular complexity index is 1040. The number of hydrogen-bond acceptors (Lipinski definition) is 4. The number of para-hydroxylation sites is 2. The molecule has 3 rings (SSSR count). The first-order valence-electron chi connectivity index (χ1n) is 9.56. The van der Waals surface area contributed by atoms with Crippen LogP contribution in [0.15, 0.2) is 72.8 Å². The van der Waals surface area contributed by atoms with Crippen LogP contribution in [0.4, 0.5) is 21.9 Å². The van der Waals surface area contributed by atoms with Gasteiger partial charge in [-0.1, -0.05) is 35.9 Å². The molecule has 0 bridgehead atoms. The van der Waals surface area contributed by atoms with Crippen LogP contribution in [0, 0.1) is 0 Å². The number of methoxy groups -OCH3 is 1. The molecule has 0 aliphatic heterocycles. The summed E-state index contributed by atoms with van der Waals surface area (Å²) in [6.07, 6.45) is 0.00143. The molecule has 0 aliphatic carbocycles. The van der Waals surface area contributed by atoms with Gasteiger partial charge in [-0.3, -0.25) is 4.79 Å². The van der Waals surface area contributed by atoms with Crippen molar-refractivity contribution in [2.75, 3.05) is 17.7 Å². The zero-order valence-corrected chi connectivity index (χ0v) is 17.6.